The number of benzene rings is 6. The Morgan fingerprint density at radius 1 is 0.745 bits per heavy atom. The van der Waals surface area contributed by atoms with E-state index >= 15 is 0 Å². The summed E-state index contributed by atoms with van der Waals surface area (Å²) in [4.78, 5) is 46.4. The maximum absolute atomic E-state index is 13.9. The van der Waals surface area contributed by atoms with Gasteiger partial charge in [0.25, 0.3) is 11.8 Å². The van der Waals surface area contributed by atoms with Crippen LogP contribution in [0.3, 0.4) is 0 Å². The fourth-order valence-electron chi connectivity index (χ4n) is 5.61. The molecule has 6 aromatic carbocycles. The molecule has 1 unspecified atom stereocenters. The van der Waals surface area contributed by atoms with Crippen LogP contribution >= 0.6 is 23.1 Å². The van der Waals surface area contributed by atoms with Crippen LogP contribution in [0.25, 0.3) is 27.1 Å². The number of carbonyl (C=O) groups is 3. The number of fused-ring (bicyclic) bond motifs is 2. The lowest BCUT2D eigenvalue weighted by molar-refractivity contribution is -0.116. The molecule has 3 amide bonds. The summed E-state index contributed by atoms with van der Waals surface area (Å²) in [5, 5.41) is 10.7. The van der Waals surface area contributed by atoms with Crippen molar-refractivity contribution in [3.8, 4) is 0 Å². The normalized spacial score (nSPS) is 12.0. The van der Waals surface area contributed by atoms with E-state index in [1.54, 1.807) is 36.4 Å². The van der Waals surface area contributed by atoms with E-state index in [0.717, 1.165) is 42.6 Å². The fraction of sp³-hybridized carbons (Fsp3) is 0.0476. The van der Waals surface area contributed by atoms with Crippen LogP contribution in [0.15, 0.2) is 156 Å². The van der Waals surface area contributed by atoms with E-state index in [2.05, 4.69) is 27.0 Å². The maximum atomic E-state index is 13.9. The molecule has 0 radical (unpaired) electrons. The van der Waals surface area contributed by atoms with Gasteiger partial charge in [-0.05, 0) is 82.9 Å². The van der Waals surface area contributed by atoms with Crippen molar-refractivity contribution < 1.29 is 14.4 Å². The van der Waals surface area contributed by atoms with Crippen molar-refractivity contribution in [2.75, 3.05) is 10.6 Å². The molecule has 250 valence electrons. The molecule has 1 atom stereocenters. The van der Waals surface area contributed by atoms with Crippen molar-refractivity contribution in [3.63, 3.8) is 0 Å². The molecule has 0 fully saturated rings. The van der Waals surface area contributed by atoms with Crippen LogP contribution < -0.4 is 16.0 Å². The number of anilines is 2. The molecule has 3 N–H and O–H groups in total. The largest absolute Gasteiger partial charge is 0.321 e. The van der Waals surface area contributed by atoms with Crippen LogP contribution in [-0.4, -0.2) is 22.7 Å². The zero-order chi connectivity index (χ0) is 35.2. The zero-order valence-electron chi connectivity index (χ0n) is 27.5. The fourth-order valence-corrected chi connectivity index (χ4v) is 7.66. The molecule has 1 heterocycles. The number of amides is 3. The van der Waals surface area contributed by atoms with Crippen LogP contribution in [0.1, 0.15) is 32.3 Å². The average Bonchev–Trinajstić information content (AvgIpc) is 3.55. The monoisotopic (exact) mass is 704 g/mol. The molecule has 0 bridgehead atoms. The lowest BCUT2D eigenvalue weighted by Gasteiger charge is -2.17. The van der Waals surface area contributed by atoms with Gasteiger partial charge in [-0.2, -0.15) is 0 Å². The second kappa shape index (κ2) is 15.2. The Bertz CT molecular complexity index is 2400. The Morgan fingerprint density at radius 2 is 1.47 bits per heavy atom. The lowest BCUT2D eigenvalue weighted by atomic mass is 10.0. The van der Waals surface area contributed by atoms with Gasteiger partial charge in [0.1, 0.15) is 10.9 Å². The minimum atomic E-state index is -0.599. The molecular formula is C42H32N4O3S2. The Labute approximate surface area is 303 Å². The van der Waals surface area contributed by atoms with Gasteiger partial charge in [-0.25, -0.2) is 4.98 Å². The number of aryl methyl sites for hydroxylation is 1. The van der Waals surface area contributed by atoms with E-state index in [1.807, 2.05) is 116 Å². The summed E-state index contributed by atoms with van der Waals surface area (Å²) in [6, 6.07) is 45.4. The quantitative estimate of drug-likeness (QED) is 0.0973. The van der Waals surface area contributed by atoms with Crippen molar-refractivity contribution >= 4 is 78.7 Å². The summed E-state index contributed by atoms with van der Waals surface area (Å²) in [5.41, 5.74) is 4.61. The van der Waals surface area contributed by atoms with E-state index in [9.17, 15) is 14.4 Å². The average molecular weight is 705 g/mol. The Kier molecular flexibility index (Phi) is 10.0. The first kappa shape index (κ1) is 33.5. The first-order valence-corrected chi connectivity index (χ1v) is 18.0. The lowest BCUT2D eigenvalue weighted by Crippen LogP contribution is -2.30. The summed E-state index contributed by atoms with van der Waals surface area (Å²) < 4.78 is 1.01. The Balaban J connectivity index is 1.15. The molecule has 7 rings (SSSR count). The van der Waals surface area contributed by atoms with Gasteiger partial charge in [-0.15, -0.1) is 11.8 Å². The minimum Gasteiger partial charge on any atom is -0.321 e. The molecule has 9 heteroatoms. The maximum Gasteiger partial charge on any atom is 0.272 e. The number of thioether (sulfide) groups is 1. The van der Waals surface area contributed by atoms with E-state index in [-0.39, 0.29) is 11.6 Å². The SMILES string of the molecule is Cc1ccc2nc(NC(=O)C(Sc3cccc(NC(=O)/C(=C\c4cccc5ccccc45)NC(=O)c4ccccc4)c3)c3ccccc3)sc2c1. The number of carbonyl (C=O) groups excluding carboxylic acids is 3. The Hall–Kier alpha value is -6.03. The number of nitrogens with zero attached hydrogens (tertiary/aromatic N) is 1. The molecule has 0 spiro atoms. The number of hydrogen-bond donors (Lipinski definition) is 3. The van der Waals surface area contributed by atoms with Crippen molar-refractivity contribution in [3.05, 3.63) is 174 Å². The van der Waals surface area contributed by atoms with E-state index in [4.69, 9.17) is 0 Å². The summed E-state index contributed by atoms with van der Waals surface area (Å²) in [6.07, 6.45) is 1.69. The third-order valence-electron chi connectivity index (χ3n) is 8.11. The van der Waals surface area contributed by atoms with Gasteiger partial charge in [0.05, 0.1) is 10.2 Å². The summed E-state index contributed by atoms with van der Waals surface area (Å²) in [5.74, 6) is -1.10. The van der Waals surface area contributed by atoms with Gasteiger partial charge >= 0.3 is 0 Å². The minimum absolute atomic E-state index is 0.0887. The van der Waals surface area contributed by atoms with E-state index in [1.165, 1.54) is 23.1 Å². The standard InChI is InChI=1S/C42H32N4O3S2/c1-27-22-23-35-37(24-27)51-42(45-35)46-41(49)38(29-13-4-2-5-14-29)50-33-20-11-19-32(26-33)43-40(48)36(44-39(47)30-15-6-3-7-16-30)25-31-18-10-17-28-12-8-9-21-34(28)31/h2-26,38H,1H3,(H,43,48)(H,44,47)(H,45,46,49)/b36-25+. The second-order valence-corrected chi connectivity index (χ2v) is 14.0. The molecule has 1 aromatic heterocycles. The molecule has 0 saturated carbocycles. The van der Waals surface area contributed by atoms with Gasteiger partial charge < -0.3 is 16.0 Å². The van der Waals surface area contributed by atoms with Crippen LogP contribution in [0, 0.1) is 6.92 Å². The van der Waals surface area contributed by atoms with Gasteiger partial charge in [0.2, 0.25) is 5.91 Å². The molecule has 0 aliphatic rings. The highest BCUT2D eigenvalue weighted by Gasteiger charge is 2.24. The van der Waals surface area contributed by atoms with Crippen LogP contribution in [-0.2, 0) is 9.59 Å². The Morgan fingerprint density at radius 3 is 2.29 bits per heavy atom. The van der Waals surface area contributed by atoms with Gasteiger partial charge in [-0.3, -0.25) is 14.4 Å². The molecule has 0 aliphatic heterocycles. The predicted octanol–water partition coefficient (Wildman–Crippen LogP) is 9.64. The van der Waals surface area contributed by atoms with Gasteiger partial charge in [-0.1, -0.05) is 114 Å². The van der Waals surface area contributed by atoms with Crippen LogP contribution in [0.5, 0.6) is 0 Å². The molecule has 0 aliphatic carbocycles. The van der Waals surface area contributed by atoms with E-state index < -0.39 is 17.1 Å². The highest BCUT2D eigenvalue weighted by atomic mass is 32.2. The third kappa shape index (κ3) is 8.07. The first-order chi connectivity index (χ1) is 24.9. The van der Waals surface area contributed by atoms with Crippen molar-refractivity contribution in [2.24, 2.45) is 0 Å². The summed E-state index contributed by atoms with van der Waals surface area (Å²) in [7, 11) is 0. The molecule has 51 heavy (non-hydrogen) atoms. The zero-order valence-corrected chi connectivity index (χ0v) is 29.1. The topological polar surface area (TPSA) is 100 Å². The third-order valence-corrected chi connectivity index (χ3v) is 10.3. The number of nitrogens with one attached hydrogen (secondary N) is 3. The molecule has 7 aromatic rings. The van der Waals surface area contributed by atoms with Gasteiger partial charge in [0, 0.05) is 16.1 Å². The molecule has 0 saturated heterocycles. The summed E-state index contributed by atoms with van der Waals surface area (Å²) in [6.45, 7) is 2.03. The van der Waals surface area contributed by atoms with E-state index in [0.29, 0.717) is 16.4 Å². The predicted molar refractivity (Wildman–Crippen MR) is 209 cm³/mol. The highest BCUT2D eigenvalue weighted by molar-refractivity contribution is 8.00. The van der Waals surface area contributed by atoms with Crippen molar-refractivity contribution in [1.29, 1.82) is 0 Å². The number of rotatable bonds is 10. The first-order valence-electron chi connectivity index (χ1n) is 16.3. The second-order valence-electron chi connectivity index (χ2n) is 11.8. The number of hydrogen-bond acceptors (Lipinski definition) is 6. The van der Waals surface area contributed by atoms with Crippen LogP contribution in [0.4, 0.5) is 10.8 Å². The van der Waals surface area contributed by atoms with Crippen LogP contribution in [0.2, 0.25) is 0 Å². The smallest absolute Gasteiger partial charge is 0.272 e. The van der Waals surface area contributed by atoms with Gasteiger partial charge in [0.15, 0.2) is 5.13 Å². The molecule has 7 nitrogen and oxygen atoms in total. The number of thiazole rings is 1. The molecular weight excluding hydrogens is 673 g/mol. The number of aromatic nitrogens is 1. The van der Waals surface area contributed by atoms with Crippen molar-refractivity contribution in [2.45, 2.75) is 17.1 Å². The highest BCUT2D eigenvalue weighted by Crippen LogP contribution is 2.38. The summed E-state index contributed by atoms with van der Waals surface area (Å²) >= 11 is 2.81. The van der Waals surface area contributed by atoms with Crippen molar-refractivity contribution in [1.82, 2.24) is 10.3 Å².